The second-order valence-corrected chi connectivity index (χ2v) is 10.4. The van der Waals surface area contributed by atoms with Crippen LogP contribution in [0, 0.1) is 23.7 Å². The summed E-state index contributed by atoms with van der Waals surface area (Å²) in [5.74, 6) is 1.81. The molecule has 0 unspecified atom stereocenters. The minimum atomic E-state index is -0.314. The van der Waals surface area contributed by atoms with Crippen molar-refractivity contribution < 1.29 is 10.2 Å². The van der Waals surface area contributed by atoms with E-state index in [0.29, 0.717) is 17.8 Å². The van der Waals surface area contributed by atoms with E-state index in [1.807, 2.05) is 6.08 Å². The van der Waals surface area contributed by atoms with Gasteiger partial charge in [0.2, 0.25) is 0 Å². The van der Waals surface area contributed by atoms with Crippen LogP contribution in [0.1, 0.15) is 83.5 Å². The number of rotatable bonds is 9. The third-order valence-corrected chi connectivity index (χ3v) is 8.28. The number of unbranched alkanes of at least 4 members (excludes halogenated alkanes) is 2. The number of allylic oxidation sites excluding steroid dienone is 2. The second kappa shape index (κ2) is 10.6. The molecule has 1 saturated heterocycles. The molecule has 5 atom stereocenters. The molecule has 0 aromatic heterocycles. The smallest absolute Gasteiger partial charge is 0.0749 e. The van der Waals surface area contributed by atoms with Crippen molar-refractivity contribution in [3.05, 3.63) is 23.8 Å². The van der Waals surface area contributed by atoms with E-state index in [-0.39, 0.29) is 18.1 Å². The minimum Gasteiger partial charge on any atom is -0.392 e. The Bertz CT molecular complexity index is 559. The number of fused-ring (bicyclic) bond motifs is 1. The minimum absolute atomic E-state index is 0.224. The summed E-state index contributed by atoms with van der Waals surface area (Å²) in [6.07, 6.45) is 22.5. The van der Waals surface area contributed by atoms with Crippen molar-refractivity contribution in [2.24, 2.45) is 23.7 Å². The van der Waals surface area contributed by atoms with Gasteiger partial charge in [0.25, 0.3) is 0 Å². The molecule has 3 nitrogen and oxygen atoms in total. The number of aliphatic hydroxyl groups is 2. The van der Waals surface area contributed by atoms with Crippen molar-refractivity contribution in [2.45, 2.75) is 95.7 Å². The number of likely N-dealkylation sites (tertiary alicyclic amines) is 1. The van der Waals surface area contributed by atoms with Gasteiger partial charge in [0, 0.05) is 5.92 Å². The molecule has 1 heterocycles. The van der Waals surface area contributed by atoms with Crippen LogP contribution in [-0.2, 0) is 0 Å². The average Bonchev–Trinajstić information content (AvgIpc) is 3.44. The summed E-state index contributed by atoms with van der Waals surface area (Å²) < 4.78 is 0. The lowest BCUT2D eigenvalue weighted by atomic mass is 9.83. The summed E-state index contributed by atoms with van der Waals surface area (Å²) in [4.78, 5) is 2.62. The summed E-state index contributed by atoms with van der Waals surface area (Å²) in [7, 11) is 0. The first kappa shape index (κ1) is 21.6. The molecule has 29 heavy (non-hydrogen) atoms. The molecule has 0 aromatic carbocycles. The molecule has 0 bridgehead atoms. The number of hydrogen-bond acceptors (Lipinski definition) is 3. The summed E-state index contributed by atoms with van der Waals surface area (Å²) in [6.45, 7) is 3.94. The van der Waals surface area contributed by atoms with Crippen molar-refractivity contribution in [3.63, 3.8) is 0 Å². The Kier molecular flexibility index (Phi) is 7.89. The topological polar surface area (TPSA) is 43.7 Å². The fraction of sp³-hybridized carbons (Fsp3) is 0.846. The van der Waals surface area contributed by atoms with E-state index >= 15 is 0 Å². The highest BCUT2D eigenvalue weighted by atomic mass is 16.3. The third-order valence-electron chi connectivity index (χ3n) is 8.28. The molecule has 2 N–H and O–H groups in total. The van der Waals surface area contributed by atoms with Crippen LogP contribution < -0.4 is 0 Å². The van der Waals surface area contributed by atoms with Crippen LogP contribution in [0.4, 0.5) is 0 Å². The zero-order valence-electron chi connectivity index (χ0n) is 18.4. The highest BCUT2D eigenvalue weighted by Crippen LogP contribution is 2.48. The van der Waals surface area contributed by atoms with E-state index in [9.17, 15) is 10.2 Å². The van der Waals surface area contributed by atoms with E-state index < -0.39 is 0 Å². The molecule has 2 saturated carbocycles. The Morgan fingerprint density at radius 2 is 1.83 bits per heavy atom. The van der Waals surface area contributed by atoms with Crippen LogP contribution in [0.2, 0.25) is 0 Å². The van der Waals surface area contributed by atoms with E-state index in [0.717, 1.165) is 19.3 Å². The Balaban J connectivity index is 1.19. The van der Waals surface area contributed by atoms with E-state index in [1.54, 1.807) is 5.57 Å². The van der Waals surface area contributed by atoms with Crippen LogP contribution >= 0.6 is 0 Å². The maximum Gasteiger partial charge on any atom is 0.0749 e. The largest absolute Gasteiger partial charge is 0.392 e. The molecule has 1 aliphatic heterocycles. The number of aliphatic hydroxyl groups excluding tert-OH is 2. The quantitative estimate of drug-likeness (QED) is 0.418. The Morgan fingerprint density at radius 1 is 1.03 bits per heavy atom. The highest BCUT2D eigenvalue weighted by Gasteiger charge is 2.43. The van der Waals surface area contributed by atoms with Gasteiger partial charge in [-0.3, -0.25) is 0 Å². The molecule has 0 radical (unpaired) electrons. The standard InChI is InChI=1S/C26H43NO2/c28-25(21-10-4-1-5-11-21)13-12-23-24-18-20(17-22(24)19-26(23)29)9-3-2-6-14-27-15-7-8-16-27/h12-13,17,21-26,28-29H,1-11,14-16,18-19H2/b13-12+/t22-,23+,24-,25+,26+/m0/s1. The molecule has 3 fully saturated rings. The fourth-order valence-electron chi connectivity index (χ4n) is 6.54. The van der Waals surface area contributed by atoms with Gasteiger partial charge in [0.15, 0.2) is 0 Å². The lowest BCUT2D eigenvalue weighted by Gasteiger charge is -2.25. The lowest BCUT2D eigenvalue weighted by molar-refractivity contribution is 0.120. The molecule has 164 valence electrons. The van der Waals surface area contributed by atoms with Gasteiger partial charge in [-0.15, -0.1) is 0 Å². The van der Waals surface area contributed by atoms with Crippen molar-refractivity contribution in [3.8, 4) is 0 Å². The molecule has 4 rings (SSSR count). The maximum atomic E-state index is 10.6. The first-order valence-electron chi connectivity index (χ1n) is 12.7. The van der Waals surface area contributed by atoms with Crippen molar-refractivity contribution in [2.75, 3.05) is 19.6 Å². The van der Waals surface area contributed by atoms with Gasteiger partial charge < -0.3 is 15.1 Å². The average molecular weight is 402 g/mol. The van der Waals surface area contributed by atoms with E-state index in [1.165, 1.54) is 83.8 Å². The van der Waals surface area contributed by atoms with Gasteiger partial charge in [-0.05, 0) is 95.2 Å². The second-order valence-electron chi connectivity index (χ2n) is 10.4. The molecule has 0 amide bonds. The SMILES string of the molecule is O[C@H](/C=C/[C@@H]1[C@H]2CC(CCCCCN3CCCC3)=C[C@H]2C[C@H]1O)C1CCCCC1. The third kappa shape index (κ3) is 5.74. The van der Waals surface area contributed by atoms with Crippen LogP contribution in [0.3, 0.4) is 0 Å². The molecule has 3 aliphatic carbocycles. The van der Waals surface area contributed by atoms with Crippen LogP contribution in [0.5, 0.6) is 0 Å². The zero-order valence-corrected chi connectivity index (χ0v) is 18.4. The van der Waals surface area contributed by atoms with Gasteiger partial charge in [-0.25, -0.2) is 0 Å². The molecule has 3 heteroatoms. The fourth-order valence-corrected chi connectivity index (χ4v) is 6.54. The summed E-state index contributed by atoms with van der Waals surface area (Å²) in [6, 6.07) is 0. The number of hydrogen-bond donors (Lipinski definition) is 2. The van der Waals surface area contributed by atoms with Gasteiger partial charge >= 0.3 is 0 Å². The van der Waals surface area contributed by atoms with Crippen molar-refractivity contribution in [1.29, 1.82) is 0 Å². The molecule has 0 aromatic rings. The normalized spacial score (nSPS) is 34.8. The van der Waals surface area contributed by atoms with Crippen molar-refractivity contribution >= 4 is 0 Å². The molecule has 4 aliphatic rings. The maximum absolute atomic E-state index is 10.6. The Labute approximate surface area is 178 Å². The van der Waals surface area contributed by atoms with Crippen LogP contribution in [0.25, 0.3) is 0 Å². The van der Waals surface area contributed by atoms with E-state index in [2.05, 4.69) is 17.1 Å². The van der Waals surface area contributed by atoms with Crippen LogP contribution in [-0.4, -0.2) is 47.0 Å². The number of nitrogens with zero attached hydrogens (tertiary/aromatic N) is 1. The van der Waals surface area contributed by atoms with Gasteiger partial charge in [0.05, 0.1) is 12.2 Å². The Hall–Kier alpha value is -0.640. The van der Waals surface area contributed by atoms with Crippen molar-refractivity contribution in [1.82, 2.24) is 4.90 Å². The zero-order chi connectivity index (χ0) is 20.1. The van der Waals surface area contributed by atoms with Crippen LogP contribution in [0.15, 0.2) is 23.8 Å². The van der Waals surface area contributed by atoms with Gasteiger partial charge in [-0.2, -0.15) is 0 Å². The first-order chi connectivity index (χ1) is 14.2. The lowest BCUT2D eigenvalue weighted by Crippen LogP contribution is -2.22. The van der Waals surface area contributed by atoms with E-state index in [4.69, 9.17) is 0 Å². The van der Waals surface area contributed by atoms with Gasteiger partial charge in [0.1, 0.15) is 0 Å². The highest BCUT2D eigenvalue weighted by molar-refractivity contribution is 5.21. The van der Waals surface area contributed by atoms with Gasteiger partial charge in [-0.1, -0.05) is 49.5 Å². The first-order valence-corrected chi connectivity index (χ1v) is 12.7. The monoisotopic (exact) mass is 401 g/mol. The Morgan fingerprint density at radius 3 is 2.62 bits per heavy atom. The molecule has 0 spiro atoms. The predicted octanol–water partition coefficient (Wildman–Crippen LogP) is 5.08. The predicted molar refractivity (Wildman–Crippen MR) is 120 cm³/mol. The summed E-state index contributed by atoms with van der Waals surface area (Å²) >= 11 is 0. The summed E-state index contributed by atoms with van der Waals surface area (Å²) in [5.41, 5.74) is 1.64. The molecular formula is C26H43NO2. The summed E-state index contributed by atoms with van der Waals surface area (Å²) in [5, 5.41) is 21.2. The molecular weight excluding hydrogens is 358 g/mol.